The van der Waals surface area contributed by atoms with Crippen molar-refractivity contribution >= 4 is 17.4 Å². The number of halogens is 4. The first kappa shape index (κ1) is 14.3. The fraction of sp³-hybridized carbons (Fsp3) is 0.636. The number of ether oxygens (including phenoxy) is 1. The van der Waals surface area contributed by atoms with Crippen LogP contribution in [0.5, 0.6) is 0 Å². The van der Waals surface area contributed by atoms with Crippen molar-refractivity contribution in [1.29, 1.82) is 0 Å². The van der Waals surface area contributed by atoms with Crippen molar-refractivity contribution in [1.82, 2.24) is 9.97 Å². The van der Waals surface area contributed by atoms with Gasteiger partial charge in [0.2, 0.25) is 5.28 Å². The Morgan fingerprint density at radius 1 is 1.42 bits per heavy atom. The van der Waals surface area contributed by atoms with Gasteiger partial charge in [0.15, 0.2) is 5.69 Å². The van der Waals surface area contributed by atoms with Gasteiger partial charge in [-0.05, 0) is 31.4 Å². The van der Waals surface area contributed by atoms with Crippen molar-refractivity contribution in [3.63, 3.8) is 0 Å². The molecule has 0 atom stereocenters. The molecule has 1 N–H and O–H groups in total. The molecular formula is C11H13ClF3N3O. The fourth-order valence-electron chi connectivity index (χ4n) is 1.90. The molecule has 0 aliphatic heterocycles. The molecule has 0 saturated heterocycles. The topological polar surface area (TPSA) is 47.0 Å². The van der Waals surface area contributed by atoms with Gasteiger partial charge in [-0.1, -0.05) is 0 Å². The summed E-state index contributed by atoms with van der Waals surface area (Å²) in [7, 11) is 0. The van der Waals surface area contributed by atoms with Crippen LogP contribution < -0.4 is 5.32 Å². The minimum Gasteiger partial charge on any atom is -0.378 e. The van der Waals surface area contributed by atoms with E-state index >= 15 is 0 Å². The van der Waals surface area contributed by atoms with Crippen molar-refractivity contribution in [2.45, 2.75) is 38.1 Å². The van der Waals surface area contributed by atoms with Crippen LogP contribution in [0.3, 0.4) is 0 Å². The van der Waals surface area contributed by atoms with E-state index in [0.717, 1.165) is 18.9 Å². The predicted molar refractivity (Wildman–Crippen MR) is 64.1 cm³/mol. The van der Waals surface area contributed by atoms with Crippen molar-refractivity contribution in [2.75, 3.05) is 11.9 Å². The van der Waals surface area contributed by atoms with Gasteiger partial charge < -0.3 is 10.1 Å². The normalized spacial score (nSPS) is 23.0. The standard InChI is InChI=1S/C11H13ClF3N3O/c1-2-19-7-3-6(4-7)16-9-5-8(11(13,14)15)17-10(12)18-9/h5-7H,2-4H2,1H3,(H,16,17,18). The van der Waals surface area contributed by atoms with E-state index in [1.807, 2.05) is 6.92 Å². The zero-order valence-corrected chi connectivity index (χ0v) is 10.9. The number of anilines is 1. The zero-order chi connectivity index (χ0) is 14.0. The molecule has 1 saturated carbocycles. The molecule has 0 spiro atoms. The molecule has 0 aromatic carbocycles. The predicted octanol–water partition coefficient (Wildman–Crippen LogP) is 3.13. The average molecular weight is 296 g/mol. The smallest absolute Gasteiger partial charge is 0.378 e. The molecule has 4 nitrogen and oxygen atoms in total. The number of nitrogens with one attached hydrogen (secondary N) is 1. The Morgan fingerprint density at radius 3 is 2.68 bits per heavy atom. The third-order valence-electron chi connectivity index (χ3n) is 2.84. The summed E-state index contributed by atoms with van der Waals surface area (Å²) < 4.78 is 43.0. The summed E-state index contributed by atoms with van der Waals surface area (Å²) in [6.45, 7) is 2.54. The Hall–Kier alpha value is -1.08. The summed E-state index contributed by atoms with van der Waals surface area (Å²) in [6, 6.07) is 0.920. The number of alkyl halides is 3. The maximum atomic E-state index is 12.5. The third kappa shape index (κ3) is 3.70. The first-order valence-corrected chi connectivity index (χ1v) is 6.26. The maximum Gasteiger partial charge on any atom is 0.433 e. The molecule has 8 heteroatoms. The molecular weight excluding hydrogens is 283 g/mol. The van der Waals surface area contributed by atoms with E-state index in [4.69, 9.17) is 16.3 Å². The maximum absolute atomic E-state index is 12.5. The Morgan fingerprint density at radius 2 is 2.11 bits per heavy atom. The Bertz CT molecular complexity index is 449. The minimum absolute atomic E-state index is 0.0589. The molecule has 19 heavy (non-hydrogen) atoms. The van der Waals surface area contributed by atoms with Gasteiger partial charge in [-0.25, -0.2) is 9.97 Å². The summed E-state index contributed by atoms with van der Waals surface area (Å²) in [5.41, 5.74) is -1.05. The van der Waals surface area contributed by atoms with Gasteiger partial charge in [-0.15, -0.1) is 0 Å². The highest BCUT2D eigenvalue weighted by molar-refractivity contribution is 6.28. The van der Waals surface area contributed by atoms with Crippen LogP contribution in [0.25, 0.3) is 0 Å². The molecule has 0 amide bonds. The number of hydrogen-bond donors (Lipinski definition) is 1. The summed E-state index contributed by atoms with van der Waals surface area (Å²) >= 11 is 5.49. The Balaban J connectivity index is 2.00. The van der Waals surface area contributed by atoms with E-state index < -0.39 is 17.2 Å². The van der Waals surface area contributed by atoms with E-state index in [1.54, 1.807) is 0 Å². The number of hydrogen-bond acceptors (Lipinski definition) is 4. The number of rotatable bonds is 4. The van der Waals surface area contributed by atoms with E-state index in [-0.39, 0.29) is 18.0 Å². The minimum atomic E-state index is -4.53. The molecule has 1 heterocycles. The molecule has 1 aliphatic rings. The van der Waals surface area contributed by atoms with Crippen molar-refractivity contribution in [3.05, 3.63) is 17.0 Å². The molecule has 1 aromatic heterocycles. The summed E-state index contributed by atoms with van der Waals surface area (Å²) in [6.07, 6.45) is -2.87. The van der Waals surface area contributed by atoms with Crippen LogP contribution in [0.15, 0.2) is 6.07 Å². The van der Waals surface area contributed by atoms with Gasteiger partial charge in [0.05, 0.1) is 6.10 Å². The monoisotopic (exact) mass is 295 g/mol. The van der Waals surface area contributed by atoms with E-state index in [9.17, 15) is 13.2 Å². The molecule has 106 valence electrons. The first-order chi connectivity index (χ1) is 8.88. The Kier molecular flexibility index (Phi) is 4.15. The lowest BCUT2D eigenvalue weighted by Crippen LogP contribution is -2.41. The molecule has 0 radical (unpaired) electrons. The van der Waals surface area contributed by atoms with Gasteiger partial charge in [0, 0.05) is 18.7 Å². The fourth-order valence-corrected chi connectivity index (χ4v) is 2.08. The molecule has 0 bridgehead atoms. The lowest BCUT2D eigenvalue weighted by atomic mass is 9.89. The van der Waals surface area contributed by atoms with Crippen LogP contribution in [-0.4, -0.2) is 28.7 Å². The van der Waals surface area contributed by atoms with Gasteiger partial charge >= 0.3 is 6.18 Å². The summed E-state index contributed by atoms with van der Waals surface area (Å²) in [4.78, 5) is 6.91. The lowest BCUT2D eigenvalue weighted by molar-refractivity contribution is -0.141. The van der Waals surface area contributed by atoms with E-state index in [0.29, 0.717) is 6.61 Å². The van der Waals surface area contributed by atoms with Crippen LogP contribution in [0, 0.1) is 0 Å². The third-order valence-corrected chi connectivity index (χ3v) is 3.01. The van der Waals surface area contributed by atoms with Gasteiger partial charge in [-0.3, -0.25) is 0 Å². The van der Waals surface area contributed by atoms with Crippen LogP contribution >= 0.6 is 11.6 Å². The molecule has 1 aromatic rings. The first-order valence-electron chi connectivity index (χ1n) is 5.88. The lowest BCUT2D eigenvalue weighted by Gasteiger charge is -2.35. The molecule has 1 fully saturated rings. The van der Waals surface area contributed by atoms with Crippen molar-refractivity contribution < 1.29 is 17.9 Å². The number of nitrogens with zero attached hydrogens (tertiary/aromatic N) is 2. The summed E-state index contributed by atoms with van der Waals surface area (Å²) in [5, 5.41) is 2.49. The van der Waals surface area contributed by atoms with Gasteiger partial charge in [0.25, 0.3) is 0 Å². The number of aromatic nitrogens is 2. The SMILES string of the molecule is CCOC1CC(Nc2cc(C(F)(F)F)nc(Cl)n2)C1. The van der Waals surface area contributed by atoms with Crippen molar-refractivity contribution in [2.24, 2.45) is 0 Å². The van der Waals surface area contributed by atoms with Crippen molar-refractivity contribution in [3.8, 4) is 0 Å². The summed E-state index contributed by atoms with van der Waals surface area (Å²) in [5.74, 6) is 0.0901. The van der Waals surface area contributed by atoms with Crippen LogP contribution in [0.4, 0.5) is 19.0 Å². The highest BCUT2D eigenvalue weighted by Gasteiger charge is 2.34. The van der Waals surface area contributed by atoms with Crippen LogP contribution in [0.2, 0.25) is 5.28 Å². The average Bonchev–Trinajstić information content (AvgIpc) is 2.24. The van der Waals surface area contributed by atoms with Crippen LogP contribution in [-0.2, 0) is 10.9 Å². The second kappa shape index (κ2) is 5.50. The molecule has 1 aliphatic carbocycles. The quantitative estimate of drug-likeness (QED) is 0.867. The second-order valence-corrected chi connectivity index (χ2v) is 4.63. The van der Waals surface area contributed by atoms with Gasteiger partial charge in [-0.2, -0.15) is 13.2 Å². The highest BCUT2D eigenvalue weighted by atomic mass is 35.5. The van der Waals surface area contributed by atoms with E-state index in [1.165, 1.54) is 0 Å². The molecule has 2 rings (SSSR count). The van der Waals surface area contributed by atoms with E-state index in [2.05, 4.69) is 15.3 Å². The Labute approximate surface area is 113 Å². The second-order valence-electron chi connectivity index (χ2n) is 4.30. The molecule has 0 unspecified atom stereocenters. The van der Waals surface area contributed by atoms with Crippen LogP contribution in [0.1, 0.15) is 25.5 Å². The van der Waals surface area contributed by atoms with Gasteiger partial charge in [0.1, 0.15) is 5.82 Å². The largest absolute Gasteiger partial charge is 0.433 e. The zero-order valence-electron chi connectivity index (χ0n) is 10.2. The highest BCUT2D eigenvalue weighted by Crippen LogP contribution is 2.31.